The van der Waals surface area contributed by atoms with Gasteiger partial charge in [0.15, 0.2) is 11.5 Å². The number of ether oxygens (including phenoxy) is 2. The molecule has 7 heteroatoms. The standard InChI is InChI=1S/C22H19BrCl2FNO2/c1-2-28-21-11-14(12-27-16-8-6-15(23)7-9-16)10-19(25)22(21)29-13-17-18(24)4-3-5-20(17)26/h3-11,27H,2,12-13H2,1H3. The Bertz CT molecular complexity index is 963. The van der Waals surface area contributed by atoms with Crippen LogP contribution >= 0.6 is 39.1 Å². The highest BCUT2D eigenvalue weighted by atomic mass is 79.9. The van der Waals surface area contributed by atoms with Crippen molar-refractivity contribution in [2.45, 2.75) is 20.1 Å². The molecule has 0 spiro atoms. The molecule has 3 rings (SSSR count). The molecule has 29 heavy (non-hydrogen) atoms. The number of hydrogen-bond donors (Lipinski definition) is 1. The SMILES string of the molecule is CCOc1cc(CNc2ccc(Br)cc2)cc(Cl)c1OCc1c(F)cccc1Cl. The quantitative estimate of drug-likeness (QED) is 0.349. The monoisotopic (exact) mass is 497 g/mol. The highest BCUT2D eigenvalue weighted by Gasteiger charge is 2.15. The lowest BCUT2D eigenvalue weighted by atomic mass is 10.2. The Labute approximate surface area is 187 Å². The molecule has 3 nitrogen and oxygen atoms in total. The van der Waals surface area contributed by atoms with Gasteiger partial charge in [0.2, 0.25) is 0 Å². The lowest BCUT2D eigenvalue weighted by Gasteiger charge is -2.16. The highest BCUT2D eigenvalue weighted by Crippen LogP contribution is 2.38. The first-order chi connectivity index (χ1) is 14.0. The maximum atomic E-state index is 14.0. The molecule has 0 unspecified atom stereocenters. The summed E-state index contributed by atoms with van der Waals surface area (Å²) in [5.74, 6) is 0.433. The van der Waals surface area contributed by atoms with E-state index in [4.69, 9.17) is 32.7 Å². The van der Waals surface area contributed by atoms with Crippen molar-refractivity contribution >= 4 is 44.8 Å². The van der Waals surface area contributed by atoms with Crippen LogP contribution < -0.4 is 14.8 Å². The molecule has 0 amide bonds. The fourth-order valence-electron chi connectivity index (χ4n) is 2.71. The van der Waals surface area contributed by atoms with Crippen LogP contribution in [0.15, 0.2) is 59.1 Å². The Hall–Kier alpha value is -1.95. The topological polar surface area (TPSA) is 30.5 Å². The second-order valence-electron chi connectivity index (χ2n) is 6.19. The first kappa shape index (κ1) is 21.8. The van der Waals surface area contributed by atoms with Crippen molar-refractivity contribution in [3.8, 4) is 11.5 Å². The zero-order chi connectivity index (χ0) is 20.8. The molecule has 0 aromatic heterocycles. The number of halogens is 4. The van der Waals surface area contributed by atoms with Gasteiger partial charge in [-0.3, -0.25) is 0 Å². The Balaban J connectivity index is 1.77. The van der Waals surface area contributed by atoms with Crippen molar-refractivity contribution in [2.75, 3.05) is 11.9 Å². The third-order valence-corrected chi connectivity index (χ3v) is 5.30. The molecule has 0 saturated heterocycles. The van der Waals surface area contributed by atoms with Crippen LogP contribution in [0.3, 0.4) is 0 Å². The molecule has 0 heterocycles. The Morgan fingerprint density at radius 1 is 1.00 bits per heavy atom. The summed E-state index contributed by atoms with van der Waals surface area (Å²) in [7, 11) is 0. The van der Waals surface area contributed by atoms with E-state index in [0.29, 0.717) is 34.7 Å². The largest absolute Gasteiger partial charge is 0.490 e. The molecular formula is C22H19BrCl2FNO2. The van der Waals surface area contributed by atoms with Gasteiger partial charge in [-0.1, -0.05) is 45.2 Å². The summed E-state index contributed by atoms with van der Waals surface area (Å²) in [6.07, 6.45) is 0. The predicted octanol–water partition coefficient (Wildman–Crippen LogP) is 7.48. The number of hydrogen-bond acceptors (Lipinski definition) is 3. The highest BCUT2D eigenvalue weighted by molar-refractivity contribution is 9.10. The molecule has 152 valence electrons. The van der Waals surface area contributed by atoms with Crippen LogP contribution in [0.25, 0.3) is 0 Å². The van der Waals surface area contributed by atoms with Crippen molar-refractivity contribution in [2.24, 2.45) is 0 Å². The lowest BCUT2D eigenvalue weighted by molar-refractivity contribution is 0.266. The number of anilines is 1. The van der Waals surface area contributed by atoms with Crippen molar-refractivity contribution in [1.29, 1.82) is 0 Å². The van der Waals surface area contributed by atoms with Crippen LogP contribution in [0, 0.1) is 5.82 Å². The van der Waals surface area contributed by atoms with Gasteiger partial charge in [0.1, 0.15) is 12.4 Å². The van der Waals surface area contributed by atoms with Crippen LogP contribution in [0.1, 0.15) is 18.1 Å². The van der Waals surface area contributed by atoms with Crippen LogP contribution in [-0.2, 0) is 13.2 Å². The van der Waals surface area contributed by atoms with Crippen molar-refractivity contribution in [3.05, 3.63) is 86.1 Å². The molecule has 3 aromatic rings. The van der Waals surface area contributed by atoms with Gasteiger partial charge in [0.05, 0.1) is 16.7 Å². The summed E-state index contributed by atoms with van der Waals surface area (Å²) in [6, 6.07) is 16.0. The minimum absolute atomic E-state index is 0.0538. The minimum atomic E-state index is -0.429. The van der Waals surface area contributed by atoms with Gasteiger partial charge >= 0.3 is 0 Å². The normalized spacial score (nSPS) is 10.7. The molecule has 0 aliphatic heterocycles. The van der Waals surface area contributed by atoms with Crippen LogP contribution in [0.5, 0.6) is 11.5 Å². The third kappa shape index (κ3) is 5.78. The van der Waals surface area contributed by atoms with E-state index in [2.05, 4.69) is 21.2 Å². The fraction of sp³-hybridized carbons (Fsp3) is 0.182. The smallest absolute Gasteiger partial charge is 0.180 e. The Morgan fingerprint density at radius 2 is 1.76 bits per heavy atom. The molecule has 0 saturated carbocycles. The van der Waals surface area contributed by atoms with E-state index in [1.54, 1.807) is 18.2 Å². The average molecular weight is 499 g/mol. The molecule has 0 atom stereocenters. The maximum Gasteiger partial charge on any atom is 0.180 e. The van der Waals surface area contributed by atoms with Crippen LogP contribution in [-0.4, -0.2) is 6.61 Å². The number of nitrogens with one attached hydrogen (secondary N) is 1. The van der Waals surface area contributed by atoms with Crippen molar-refractivity contribution in [1.82, 2.24) is 0 Å². The van der Waals surface area contributed by atoms with E-state index in [1.165, 1.54) is 6.07 Å². The zero-order valence-electron chi connectivity index (χ0n) is 15.6. The van der Waals surface area contributed by atoms with E-state index >= 15 is 0 Å². The second kappa shape index (κ2) is 10.2. The van der Waals surface area contributed by atoms with Gasteiger partial charge in [-0.25, -0.2) is 4.39 Å². The van der Waals surface area contributed by atoms with Gasteiger partial charge in [-0.15, -0.1) is 0 Å². The molecular weight excluding hydrogens is 480 g/mol. The van der Waals surface area contributed by atoms with Crippen LogP contribution in [0.4, 0.5) is 10.1 Å². The van der Waals surface area contributed by atoms with E-state index in [0.717, 1.165) is 15.7 Å². The molecule has 1 N–H and O–H groups in total. The molecule has 0 radical (unpaired) electrons. The predicted molar refractivity (Wildman–Crippen MR) is 120 cm³/mol. The fourth-order valence-corrected chi connectivity index (χ4v) is 3.48. The van der Waals surface area contributed by atoms with Gasteiger partial charge in [0.25, 0.3) is 0 Å². The summed E-state index contributed by atoms with van der Waals surface area (Å²) < 4.78 is 26.5. The van der Waals surface area contributed by atoms with Gasteiger partial charge in [-0.05, 0) is 61.0 Å². The summed E-state index contributed by atoms with van der Waals surface area (Å²) in [4.78, 5) is 0. The molecule has 0 bridgehead atoms. The minimum Gasteiger partial charge on any atom is -0.490 e. The lowest BCUT2D eigenvalue weighted by Crippen LogP contribution is -2.05. The molecule has 0 fully saturated rings. The van der Waals surface area contributed by atoms with E-state index in [-0.39, 0.29) is 12.2 Å². The first-order valence-corrected chi connectivity index (χ1v) is 10.5. The number of rotatable bonds is 8. The summed E-state index contributed by atoms with van der Waals surface area (Å²) >= 11 is 15.9. The van der Waals surface area contributed by atoms with Gasteiger partial charge < -0.3 is 14.8 Å². The summed E-state index contributed by atoms with van der Waals surface area (Å²) in [5.41, 5.74) is 2.18. The molecule has 3 aromatic carbocycles. The van der Waals surface area contributed by atoms with Crippen LogP contribution in [0.2, 0.25) is 10.0 Å². The molecule has 0 aliphatic carbocycles. The Morgan fingerprint density at radius 3 is 2.45 bits per heavy atom. The average Bonchev–Trinajstić information content (AvgIpc) is 2.69. The van der Waals surface area contributed by atoms with E-state index in [1.807, 2.05) is 37.3 Å². The van der Waals surface area contributed by atoms with E-state index < -0.39 is 5.82 Å². The van der Waals surface area contributed by atoms with Crippen molar-refractivity contribution < 1.29 is 13.9 Å². The second-order valence-corrected chi connectivity index (χ2v) is 7.92. The first-order valence-electron chi connectivity index (χ1n) is 8.98. The van der Waals surface area contributed by atoms with E-state index in [9.17, 15) is 4.39 Å². The molecule has 0 aliphatic rings. The maximum absolute atomic E-state index is 14.0. The number of benzene rings is 3. The Kier molecular flexibility index (Phi) is 7.64. The van der Waals surface area contributed by atoms with Crippen molar-refractivity contribution in [3.63, 3.8) is 0 Å². The summed E-state index contributed by atoms with van der Waals surface area (Å²) in [6.45, 7) is 2.82. The summed E-state index contributed by atoms with van der Waals surface area (Å²) in [5, 5.41) is 4.02. The third-order valence-electron chi connectivity index (χ3n) is 4.13. The zero-order valence-corrected chi connectivity index (χ0v) is 18.7. The van der Waals surface area contributed by atoms with Gasteiger partial charge in [0, 0.05) is 22.3 Å². The van der Waals surface area contributed by atoms with Gasteiger partial charge in [-0.2, -0.15) is 0 Å².